The standard InChI is InChI=1S/C43H68N10O13/c1-8-23(6)34(41(63)48-30(16-26-17-45-20-46-26)37(59)50-32(18-54)40(62)49-31(43(65)66)14-22(4)5)52-38(60)29(13-21(2)3)47-39(61)33(19-55)51-42(64)35(24(7)56)53-36(58)28(44)15-25-9-11-27(57)12-10-25/h9-12,17,20-24,28-35,54-57H,8,13-16,18-19,44H2,1-7H3,(H,45,46)(H,47,61)(H,48,63)(H,49,62)(H,50,59)(H,51,64)(H,52,60)(H,53,58)(H,65,66)/t23-,24+,28-,29-,30-,31-,32-,33-,34-,35-/m0/s1. The summed E-state index contributed by atoms with van der Waals surface area (Å²) in [5.41, 5.74) is 7.02. The number of aromatic hydroxyl groups is 1. The minimum Gasteiger partial charge on any atom is -0.508 e. The summed E-state index contributed by atoms with van der Waals surface area (Å²) in [5, 5.41) is 66.8. The number of aromatic amines is 1. The van der Waals surface area contributed by atoms with Crippen LogP contribution >= 0.6 is 0 Å². The van der Waals surface area contributed by atoms with E-state index in [1.807, 2.05) is 0 Å². The molecule has 368 valence electrons. The van der Waals surface area contributed by atoms with Gasteiger partial charge in [-0.25, -0.2) is 9.78 Å². The minimum atomic E-state index is -1.69. The average Bonchev–Trinajstić information content (AvgIpc) is 3.77. The summed E-state index contributed by atoms with van der Waals surface area (Å²) >= 11 is 0. The number of aromatic nitrogens is 2. The van der Waals surface area contributed by atoms with Crippen molar-refractivity contribution in [2.24, 2.45) is 23.5 Å². The van der Waals surface area contributed by atoms with E-state index < -0.39 is 121 Å². The summed E-state index contributed by atoms with van der Waals surface area (Å²) in [7, 11) is 0. The van der Waals surface area contributed by atoms with Crippen molar-refractivity contribution < 1.29 is 63.9 Å². The molecule has 7 amide bonds. The lowest BCUT2D eigenvalue weighted by Crippen LogP contribution is -2.62. The van der Waals surface area contributed by atoms with E-state index in [2.05, 4.69) is 47.2 Å². The number of carbonyl (C=O) groups excluding carboxylic acids is 7. The van der Waals surface area contributed by atoms with Crippen molar-refractivity contribution in [3.05, 3.63) is 48.0 Å². The maximum atomic E-state index is 14.1. The molecule has 23 nitrogen and oxygen atoms in total. The number of H-pyrrole nitrogens is 1. The fraction of sp³-hybridized carbons (Fsp3) is 0.605. The van der Waals surface area contributed by atoms with Crippen molar-refractivity contribution in [3.63, 3.8) is 0 Å². The predicted octanol–water partition coefficient (Wildman–Crippen LogP) is -2.79. The molecule has 0 aliphatic rings. The van der Waals surface area contributed by atoms with Crippen LogP contribution in [0, 0.1) is 17.8 Å². The number of carbonyl (C=O) groups is 8. The highest BCUT2D eigenvalue weighted by Crippen LogP contribution is 2.14. The Morgan fingerprint density at radius 2 is 1.08 bits per heavy atom. The lowest BCUT2D eigenvalue weighted by molar-refractivity contribution is -0.143. The third kappa shape index (κ3) is 18.4. The number of nitrogens with zero attached hydrogens (tertiary/aromatic N) is 1. The Morgan fingerprint density at radius 3 is 1.56 bits per heavy atom. The molecule has 1 aromatic carbocycles. The average molecular weight is 933 g/mol. The number of phenols is 1. The van der Waals surface area contributed by atoms with Gasteiger partial charge in [0.25, 0.3) is 0 Å². The van der Waals surface area contributed by atoms with Crippen molar-refractivity contribution in [2.45, 2.75) is 135 Å². The molecule has 0 bridgehead atoms. The van der Waals surface area contributed by atoms with Crippen LogP contribution in [0.5, 0.6) is 5.75 Å². The van der Waals surface area contributed by atoms with E-state index in [4.69, 9.17) is 5.73 Å². The van der Waals surface area contributed by atoms with E-state index >= 15 is 0 Å². The van der Waals surface area contributed by atoms with E-state index in [0.29, 0.717) is 17.7 Å². The van der Waals surface area contributed by atoms with Gasteiger partial charge in [-0.3, -0.25) is 33.6 Å². The molecule has 0 saturated carbocycles. The number of imidazole rings is 1. The first kappa shape index (κ1) is 56.0. The number of nitrogens with two attached hydrogens (primary N) is 1. The van der Waals surface area contributed by atoms with Crippen LogP contribution in [-0.4, -0.2) is 150 Å². The molecule has 0 saturated heterocycles. The second-order valence-electron chi connectivity index (χ2n) is 17.1. The first-order valence-corrected chi connectivity index (χ1v) is 21.8. The summed E-state index contributed by atoms with van der Waals surface area (Å²) in [5.74, 6) is -8.70. The Bertz CT molecular complexity index is 1910. The Kier molecular flexibility index (Phi) is 23.2. The number of phenolic OH excluding ortho intramolecular Hbond substituents is 1. The quantitative estimate of drug-likeness (QED) is 0.0410. The van der Waals surface area contributed by atoms with Gasteiger partial charge in [0.05, 0.1) is 31.7 Å². The van der Waals surface area contributed by atoms with Crippen LogP contribution in [0.25, 0.3) is 0 Å². The molecule has 1 heterocycles. The van der Waals surface area contributed by atoms with Gasteiger partial charge in [-0.15, -0.1) is 0 Å². The molecular weight excluding hydrogens is 865 g/mol. The summed E-state index contributed by atoms with van der Waals surface area (Å²) in [6.45, 7) is 9.74. The number of aliphatic hydroxyl groups excluding tert-OH is 3. The van der Waals surface area contributed by atoms with Crippen LogP contribution in [0.2, 0.25) is 0 Å². The molecule has 2 rings (SSSR count). The van der Waals surface area contributed by atoms with Crippen molar-refractivity contribution in [1.82, 2.24) is 47.2 Å². The first-order chi connectivity index (χ1) is 31.0. The molecule has 0 fully saturated rings. The number of benzene rings is 1. The molecule has 1 aromatic heterocycles. The molecule has 0 aliphatic heterocycles. The predicted molar refractivity (Wildman–Crippen MR) is 237 cm³/mol. The number of carboxylic acid groups (broad SMARTS) is 1. The SMILES string of the molecule is CC[C@H](C)[C@H](NC(=O)[C@H](CC(C)C)NC(=O)[C@H](CO)NC(=O)[C@@H](NC(=O)[C@@H](N)Cc1ccc(O)cc1)[C@@H](C)O)C(=O)N[C@@H](Cc1cnc[nH]1)C(=O)N[C@@H](CO)C(=O)N[C@@H](CC(C)C)C(=O)O. The molecule has 23 heteroatoms. The second kappa shape index (κ2) is 27.3. The smallest absolute Gasteiger partial charge is 0.326 e. The van der Waals surface area contributed by atoms with Gasteiger partial charge in [-0.1, -0.05) is 60.1 Å². The van der Waals surface area contributed by atoms with Gasteiger partial charge in [-0.2, -0.15) is 0 Å². The number of hydrogen-bond acceptors (Lipinski definition) is 14. The number of aliphatic hydroxyl groups is 3. The molecule has 0 spiro atoms. The largest absolute Gasteiger partial charge is 0.508 e. The molecule has 0 aliphatic carbocycles. The van der Waals surface area contributed by atoms with Gasteiger partial charge in [0, 0.05) is 18.3 Å². The van der Waals surface area contributed by atoms with Gasteiger partial charge in [-0.05, 0) is 61.6 Å². The number of rotatable bonds is 28. The van der Waals surface area contributed by atoms with E-state index in [9.17, 15) is 63.9 Å². The number of nitrogens with one attached hydrogen (secondary N) is 8. The van der Waals surface area contributed by atoms with E-state index in [1.54, 1.807) is 53.7 Å². The van der Waals surface area contributed by atoms with Crippen molar-refractivity contribution in [2.75, 3.05) is 13.2 Å². The Balaban J connectivity index is 2.27. The highest BCUT2D eigenvalue weighted by molar-refractivity contribution is 5.98. The monoisotopic (exact) mass is 932 g/mol. The lowest BCUT2D eigenvalue weighted by atomic mass is 9.96. The maximum absolute atomic E-state index is 14.1. The van der Waals surface area contributed by atoms with Gasteiger partial charge in [0.2, 0.25) is 41.4 Å². The number of amides is 7. The molecule has 0 radical (unpaired) electrons. The van der Waals surface area contributed by atoms with Crippen LogP contribution in [-0.2, 0) is 51.2 Å². The van der Waals surface area contributed by atoms with Gasteiger partial charge < -0.3 is 73.5 Å². The highest BCUT2D eigenvalue weighted by Gasteiger charge is 2.36. The van der Waals surface area contributed by atoms with Crippen LogP contribution in [0.1, 0.15) is 79.0 Å². The van der Waals surface area contributed by atoms with E-state index in [-0.39, 0.29) is 43.3 Å². The van der Waals surface area contributed by atoms with Crippen molar-refractivity contribution in [3.8, 4) is 5.75 Å². The summed E-state index contributed by atoms with van der Waals surface area (Å²) in [6.07, 6.45) is 1.47. The third-order valence-corrected chi connectivity index (χ3v) is 10.5. The van der Waals surface area contributed by atoms with Crippen molar-refractivity contribution >= 4 is 47.3 Å². The summed E-state index contributed by atoms with van der Waals surface area (Å²) in [4.78, 5) is 113. The van der Waals surface area contributed by atoms with E-state index in [0.717, 1.165) is 0 Å². The summed E-state index contributed by atoms with van der Waals surface area (Å²) in [6, 6.07) is -5.58. The molecule has 10 atom stereocenters. The zero-order chi connectivity index (χ0) is 49.8. The lowest BCUT2D eigenvalue weighted by Gasteiger charge is -2.30. The van der Waals surface area contributed by atoms with E-state index in [1.165, 1.54) is 31.6 Å². The Morgan fingerprint density at radius 1 is 0.621 bits per heavy atom. The fourth-order valence-corrected chi connectivity index (χ4v) is 6.55. The van der Waals surface area contributed by atoms with Crippen LogP contribution in [0.4, 0.5) is 0 Å². The number of carboxylic acids is 1. The molecule has 66 heavy (non-hydrogen) atoms. The number of aliphatic carboxylic acids is 1. The Labute approximate surface area is 383 Å². The second-order valence-corrected chi connectivity index (χ2v) is 17.1. The topological polar surface area (TPSA) is 377 Å². The van der Waals surface area contributed by atoms with Crippen LogP contribution < -0.4 is 43.0 Å². The molecule has 0 unspecified atom stereocenters. The zero-order valence-corrected chi connectivity index (χ0v) is 38.4. The van der Waals surface area contributed by atoms with Gasteiger partial charge in [0.15, 0.2) is 0 Å². The normalized spacial score (nSPS) is 15.9. The van der Waals surface area contributed by atoms with Crippen LogP contribution in [0.3, 0.4) is 0 Å². The van der Waals surface area contributed by atoms with Crippen LogP contribution in [0.15, 0.2) is 36.8 Å². The van der Waals surface area contributed by atoms with Gasteiger partial charge in [0.1, 0.15) is 48.0 Å². The summed E-state index contributed by atoms with van der Waals surface area (Å²) < 4.78 is 0. The number of hydrogen-bond donors (Lipinski definition) is 14. The first-order valence-electron chi connectivity index (χ1n) is 21.8. The third-order valence-electron chi connectivity index (χ3n) is 10.5. The zero-order valence-electron chi connectivity index (χ0n) is 38.4. The van der Waals surface area contributed by atoms with Gasteiger partial charge >= 0.3 is 5.97 Å². The minimum absolute atomic E-state index is 0.00634. The molecular formula is C43H68N10O13. The molecule has 15 N–H and O–H groups in total. The highest BCUT2D eigenvalue weighted by atomic mass is 16.4. The van der Waals surface area contributed by atoms with Crippen molar-refractivity contribution in [1.29, 1.82) is 0 Å². The Hall–Kier alpha value is -6.17. The molecule has 2 aromatic rings. The fourth-order valence-electron chi connectivity index (χ4n) is 6.55. The maximum Gasteiger partial charge on any atom is 0.326 e.